The van der Waals surface area contributed by atoms with E-state index in [2.05, 4.69) is 40.5 Å². The lowest BCUT2D eigenvalue weighted by atomic mass is 9.94. The number of urea groups is 1. The van der Waals surface area contributed by atoms with Crippen LogP contribution in [0.1, 0.15) is 69.8 Å². The van der Waals surface area contributed by atoms with Crippen LogP contribution in [0.25, 0.3) is 0 Å². The highest BCUT2D eigenvalue weighted by Gasteiger charge is 2.59. The van der Waals surface area contributed by atoms with Crippen molar-refractivity contribution >= 4 is 25.8 Å². The molecule has 1 aromatic carbocycles. The highest BCUT2D eigenvalue weighted by atomic mass is 28.3. The molecule has 2 aliphatic rings. The third kappa shape index (κ3) is 4.76. The van der Waals surface area contributed by atoms with Gasteiger partial charge in [-0.2, -0.15) is 5.10 Å². The largest absolute Gasteiger partial charge is 0.390 e. The van der Waals surface area contributed by atoms with E-state index in [1.807, 2.05) is 44.2 Å². The zero-order valence-corrected chi connectivity index (χ0v) is 23.0. The molecule has 0 saturated heterocycles. The van der Waals surface area contributed by atoms with Crippen LogP contribution in [0.4, 0.5) is 10.6 Å². The molecule has 4 N–H and O–H groups in total. The van der Waals surface area contributed by atoms with E-state index in [9.17, 15) is 14.7 Å². The molecule has 2 heterocycles. The van der Waals surface area contributed by atoms with E-state index in [-0.39, 0.29) is 23.0 Å². The lowest BCUT2D eigenvalue weighted by Crippen LogP contribution is -2.48. The molecule has 0 spiro atoms. The average molecular weight is 498 g/mol. The monoisotopic (exact) mass is 497 g/mol. The molecule has 9 heteroatoms. The zero-order chi connectivity index (χ0) is 25.8. The molecule has 8 nitrogen and oxygen atoms in total. The molecular weight excluding hydrogens is 458 g/mol. The molecule has 3 amide bonds. The first-order valence-electron chi connectivity index (χ1n) is 12.4. The molecule has 1 aromatic heterocycles. The van der Waals surface area contributed by atoms with Gasteiger partial charge in [-0.3, -0.25) is 9.89 Å². The van der Waals surface area contributed by atoms with Crippen LogP contribution in [-0.4, -0.2) is 45.8 Å². The summed E-state index contributed by atoms with van der Waals surface area (Å²) >= 11 is 0. The van der Waals surface area contributed by atoms with Crippen LogP contribution in [0.3, 0.4) is 0 Å². The van der Waals surface area contributed by atoms with Gasteiger partial charge < -0.3 is 20.6 Å². The van der Waals surface area contributed by atoms with Crippen molar-refractivity contribution in [3.05, 3.63) is 47.2 Å². The van der Waals surface area contributed by atoms with E-state index in [0.717, 1.165) is 29.7 Å². The molecule has 0 bridgehead atoms. The predicted molar refractivity (Wildman–Crippen MR) is 140 cm³/mol. The number of aliphatic hydroxyl groups is 1. The first-order chi connectivity index (χ1) is 16.2. The fraction of sp³-hybridized carbons (Fsp3) is 0.577. The van der Waals surface area contributed by atoms with Crippen molar-refractivity contribution in [2.75, 3.05) is 5.32 Å². The van der Waals surface area contributed by atoms with Crippen LogP contribution in [0, 0.1) is 0 Å². The van der Waals surface area contributed by atoms with Crippen LogP contribution < -0.4 is 10.6 Å². The number of H-pyrrole nitrogens is 1. The van der Waals surface area contributed by atoms with Crippen LogP contribution in [0.5, 0.6) is 0 Å². The summed E-state index contributed by atoms with van der Waals surface area (Å²) in [7, 11) is -1.67. The lowest BCUT2D eigenvalue weighted by molar-refractivity contribution is -0.117. The molecule has 2 aromatic rings. The maximum atomic E-state index is 13.5. The van der Waals surface area contributed by atoms with Gasteiger partial charge in [0.05, 0.1) is 37.5 Å². The summed E-state index contributed by atoms with van der Waals surface area (Å²) in [5.74, 6) is 0.579. The zero-order valence-electron chi connectivity index (χ0n) is 22.0. The fourth-order valence-corrected chi connectivity index (χ4v) is 7.65. The molecule has 1 saturated carbocycles. The van der Waals surface area contributed by atoms with Gasteiger partial charge >= 0.3 is 6.03 Å². The van der Waals surface area contributed by atoms with E-state index < -0.39 is 19.2 Å². The topological polar surface area (TPSA) is 110 Å². The Balaban J connectivity index is 1.53. The van der Waals surface area contributed by atoms with Gasteiger partial charge in [0.1, 0.15) is 0 Å². The fourth-order valence-electron chi connectivity index (χ4n) is 5.28. The Morgan fingerprint density at radius 3 is 2.37 bits per heavy atom. The smallest absolute Gasteiger partial charge is 0.318 e. The van der Waals surface area contributed by atoms with Crippen molar-refractivity contribution in [1.29, 1.82) is 0 Å². The summed E-state index contributed by atoms with van der Waals surface area (Å²) < 4.78 is 0. The summed E-state index contributed by atoms with van der Waals surface area (Å²) in [4.78, 5) is 28.5. The van der Waals surface area contributed by atoms with Crippen molar-refractivity contribution < 1.29 is 14.7 Å². The Morgan fingerprint density at radius 2 is 1.83 bits per heavy atom. The third-order valence-corrected chi connectivity index (χ3v) is 11.4. The van der Waals surface area contributed by atoms with Crippen LogP contribution in [-0.2, 0) is 16.9 Å². The van der Waals surface area contributed by atoms with Gasteiger partial charge in [0, 0.05) is 17.0 Å². The Labute approximate surface area is 208 Å². The van der Waals surface area contributed by atoms with Crippen molar-refractivity contribution in [3.63, 3.8) is 0 Å². The summed E-state index contributed by atoms with van der Waals surface area (Å²) in [5.41, 5.74) is 1.04. The summed E-state index contributed by atoms with van der Waals surface area (Å²) in [6.45, 7) is 14.5. The number of benzene rings is 1. The number of rotatable bonds is 7. The molecule has 1 atom stereocenters. The molecular formula is C26H39N5O3Si. The molecule has 1 unspecified atom stereocenters. The number of anilines is 1. The Morgan fingerprint density at radius 1 is 1.20 bits per heavy atom. The Hall–Kier alpha value is -2.65. The molecule has 1 aliphatic heterocycles. The minimum absolute atomic E-state index is 0.0565. The predicted octanol–water partition coefficient (Wildman–Crippen LogP) is 4.88. The number of carbonyl (C=O) groups is 2. The van der Waals surface area contributed by atoms with E-state index in [1.54, 1.807) is 18.7 Å². The van der Waals surface area contributed by atoms with Gasteiger partial charge in [-0.25, -0.2) is 4.79 Å². The number of hydrogen-bond acceptors (Lipinski definition) is 4. The normalized spacial score (nSPS) is 19.1. The number of nitrogens with one attached hydrogen (secondary N) is 3. The van der Waals surface area contributed by atoms with Crippen molar-refractivity contribution in [3.8, 4) is 0 Å². The van der Waals surface area contributed by atoms with Gasteiger partial charge in [0.2, 0.25) is 5.91 Å². The lowest BCUT2D eigenvalue weighted by Gasteiger charge is -2.34. The van der Waals surface area contributed by atoms with Crippen molar-refractivity contribution in [1.82, 2.24) is 20.4 Å². The number of aromatic amines is 1. The first kappa shape index (κ1) is 25.4. The van der Waals surface area contributed by atoms with Gasteiger partial charge in [-0.05, 0) is 46.1 Å². The number of aromatic nitrogens is 2. The Bertz CT molecular complexity index is 1110. The maximum absolute atomic E-state index is 13.5. The van der Waals surface area contributed by atoms with Crippen molar-refractivity contribution in [2.45, 2.75) is 95.4 Å². The molecule has 4 rings (SSSR count). The number of hydrogen-bond donors (Lipinski definition) is 4. The SMILES string of the molecule is CC(C)(O)CC(NC(=O)N1Cc2c(NC(=O)C3([Si](C)(C)C)CC3)n[nH]c2C1(C)C)c1ccccc1. The highest BCUT2D eigenvalue weighted by molar-refractivity contribution is 6.83. The van der Waals surface area contributed by atoms with E-state index in [1.165, 1.54) is 0 Å². The highest BCUT2D eigenvalue weighted by Crippen LogP contribution is 2.61. The minimum Gasteiger partial charge on any atom is -0.390 e. The van der Waals surface area contributed by atoms with Gasteiger partial charge in [-0.1, -0.05) is 50.0 Å². The van der Waals surface area contributed by atoms with E-state index >= 15 is 0 Å². The molecule has 1 fully saturated rings. The molecule has 190 valence electrons. The molecule has 35 heavy (non-hydrogen) atoms. The quantitative estimate of drug-likeness (QED) is 0.409. The summed E-state index contributed by atoms with van der Waals surface area (Å²) in [5, 5.41) is 24.0. The number of amides is 3. The molecule has 1 aliphatic carbocycles. The standard InChI is InChI=1S/C26H39N5O3Si/c1-24(2,34)15-19(17-11-9-8-10-12-17)27-23(33)31-16-18-20(25(31,3)4)29-30-21(18)28-22(32)26(13-14-26)35(5,6)7/h8-12,19,34H,13-16H2,1-7H3,(H,27,33)(H2,28,29,30,32). The number of carbonyl (C=O) groups excluding carboxylic acids is 2. The second kappa shape index (κ2) is 8.48. The van der Waals surface area contributed by atoms with E-state index in [0.29, 0.717) is 18.8 Å². The minimum atomic E-state index is -1.67. The second-order valence-electron chi connectivity index (χ2n) is 12.3. The van der Waals surface area contributed by atoms with Gasteiger partial charge in [0.25, 0.3) is 0 Å². The van der Waals surface area contributed by atoms with Crippen LogP contribution >= 0.6 is 0 Å². The average Bonchev–Trinajstić information content (AvgIpc) is 3.41. The van der Waals surface area contributed by atoms with E-state index in [4.69, 9.17) is 0 Å². The number of fused-ring (bicyclic) bond motifs is 1. The van der Waals surface area contributed by atoms with Crippen molar-refractivity contribution in [2.24, 2.45) is 0 Å². The first-order valence-corrected chi connectivity index (χ1v) is 15.9. The second-order valence-corrected chi connectivity index (χ2v) is 17.7. The van der Waals surface area contributed by atoms with Crippen LogP contribution in [0.2, 0.25) is 24.7 Å². The molecule has 0 radical (unpaired) electrons. The maximum Gasteiger partial charge on any atom is 0.318 e. The van der Waals surface area contributed by atoms with Gasteiger partial charge in [0.15, 0.2) is 5.82 Å². The Kier molecular flexibility index (Phi) is 6.16. The summed E-state index contributed by atoms with van der Waals surface area (Å²) in [6, 6.07) is 9.13. The van der Waals surface area contributed by atoms with Crippen LogP contribution in [0.15, 0.2) is 30.3 Å². The summed E-state index contributed by atoms with van der Waals surface area (Å²) in [6.07, 6.45) is 2.25. The van der Waals surface area contributed by atoms with Gasteiger partial charge in [-0.15, -0.1) is 0 Å². The number of nitrogens with zero attached hydrogens (tertiary/aromatic N) is 2. The third-order valence-electron chi connectivity index (χ3n) is 7.77.